The van der Waals surface area contributed by atoms with E-state index in [0.29, 0.717) is 12.5 Å². The van der Waals surface area contributed by atoms with Crippen LogP contribution in [0.15, 0.2) is 34.7 Å². The Kier molecular flexibility index (Phi) is 2.37. The van der Waals surface area contributed by atoms with Gasteiger partial charge in [-0.2, -0.15) is 0 Å². The first-order chi connectivity index (χ1) is 8.63. The molecule has 0 saturated carbocycles. The predicted octanol–water partition coefficient (Wildman–Crippen LogP) is 2.88. The van der Waals surface area contributed by atoms with Gasteiger partial charge in [0.05, 0.1) is 17.6 Å². The molecule has 2 N–H and O–H groups in total. The number of furan rings is 1. The monoisotopic (exact) mass is 241 g/mol. The van der Waals surface area contributed by atoms with Gasteiger partial charge in [-0.05, 0) is 43.7 Å². The summed E-state index contributed by atoms with van der Waals surface area (Å²) in [6.07, 6.45) is 0. The maximum Gasteiger partial charge on any atom is 0.201 e. The number of hydrogen-bond donors (Lipinski definition) is 1. The molecule has 0 unspecified atom stereocenters. The molecular formula is C14H15N3O. The normalized spacial score (nSPS) is 11.2. The van der Waals surface area contributed by atoms with Crippen molar-refractivity contribution < 1.29 is 4.42 Å². The average Bonchev–Trinajstić information content (AvgIpc) is 2.84. The molecule has 4 nitrogen and oxygen atoms in total. The molecule has 0 bridgehead atoms. The molecule has 3 aromatic rings. The number of anilines is 1. The van der Waals surface area contributed by atoms with Crippen LogP contribution in [0.25, 0.3) is 11.0 Å². The maximum atomic E-state index is 5.97. The second kappa shape index (κ2) is 3.91. The molecule has 18 heavy (non-hydrogen) atoms. The third-order valence-electron chi connectivity index (χ3n) is 3.04. The van der Waals surface area contributed by atoms with Crippen molar-refractivity contribution in [2.75, 3.05) is 5.73 Å². The zero-order valence-corrected chi connectivity index (χ0v) is 10.5. The lowest BCUT2D eigenvalue weighted by Crippen LogP contribution is -2.03. The van der Waals surface area contributed by atoms with E-state index in [1.165, 1.54) is 5.56 Å². The van der Waals surface area contributed by atoms with E-state index in [4.69, 9.17) is 10.2 Å². The van der Waals surface area contributed by atoms with Gasteiger partial charge < -0.3 is 14.7 Å². The first-order valence-corrected chi connectivity index (χ1v) is 5.91. The van der Waals surface area contributed by atoms with E-state index in [0.717, 1.165) is 22.6 Å². The SMILES string of the molecule is Cc1ccc2c(c1)nc(N)n2Cc1ccc(C)o1. The fraction of sp³-hybridized carbons (Fsp3) is 0.214. The highest BCUT2D eigenvalue weighted by atomic mass is 16.3. The molecule has 0 aliphatic heterocycles. The van der Waals surface area contributed by atoms with Crippen molar-refractivity contribution in [2.45, 2.75) is 20.4 Å². The number of aromatic nitrogens is 2. The van der Waals surface area contributed by atoms with Crippen LogP contribution >= 0.6 is 0 Å². The number of fused-ring (bicyclic) bond motifs is 1. The fourth-order valence-corrected chi connectivity index (χ4v) is 2.15. The molecule has 0 aliphatic rings. The van der Waals surface area contributed by atoms with Crippen LogP contribution in [0.1, 0.15) is 17.1 Å². The largest absolute Gasteiger partial charge is 0.464 e. The number of rotatable bonds is 2. The van der Waals surface area contributed by atoms with Crippen molar-refractivity contribution in [1.82, 2.24) is 9.55 Å². The van der Waals surface area contributed by atoms with Crippen molar-refractivity contribution in [2.24, 2.45) is 0 Å². The third kappa shape index (κ3) is 1.76. The Balaban J connectivity index is 2.08. The van der Waals surface area contributed by atoms with Crippen LogP contribution in [0, 0.1) is 13.8 Å². The Morgan fingerprint density at radius 2 is 2.06 bits per heavy atom. The Morgan fingerprint density at radius 1 is 1.22 bits per heavy atom. The van der Waals surface area contributed by atoms with Gasteiger partial charge in [-0.1, -0.05) is 6.07 Å². The standard InChI is InChI=1S/C14H15N3O/c1-9-3-6-13-12(7-9)16-14(15)17(13)8-11-5-4-10(2)18-11/h3-7H,8H2,1-2H3,(H2,15,16). The number of imidazole rings is 1. The van der Waals surface area contributed by atoms with Crippen LogP contribution in [0.3, 0.4) is 0 Å². The molecule has 0 atom stereocenters. The number of nitrogen functional groups attached to an aromatic ring is 1. The van der Waals surface area contributed by atoms with Crippen LogP contribution in [0.2, 0.25) is 0 Å². The van der Waals surface area contributed by atoms with E-state index < -0.39 is 0 Å². The topological polar surface area (TPSA) is 57.0 Å². The van der Waals surface area contributed by atoms with Crippen LogP contribution in [-0.4, -0.2) is 9.55 Å². The Bertz CT molecular complexity index is 709. The lowest BCUT2D eigenvalue weighted by Gasteiger charge is -2.04. The van der Waals surface area contributed by atoms with Crippen molar-refractivity contribution >= 4 is 17.0 Å². The predicted molar refractivity (Wildman–Crippen MR) is 71.4 cm³/mol. The maximum absolute atomic E-state index is 5.97. The summed E-state index contributed by atoms with van der Waals surface area (Å²) < 4.78 is 7.55. The van der Waals surface area contributed by atoms with Gasteiger partial charge in [-0.25, -0.2) is 4.98 Å². The summed E-state index contributed by atoms with van der Waals surface area (Å²) in [5.41, 5.74) is 9.11. The minimum atomic E-state index is 0.518. The van der Waals surface area contributed by atoms with Crippen molar-refractivity contribution in [3.63, 3.8) is 0 Å². The third-order valence-corrected chi connectivity index (χ3v) is 3.04. The molecule has 4 heteroatoms. The second-order valence-electron chi connectivity index (χ2n) is 4.56. The van der Waals surface area contributed by atoms with Crippen LogP contribution in [0.5, 0.6) is 0 Å². The van der Waals surface area contributed by atoms with Gasteiger partial charge in [0.15, 0.2) is 0 Å². The summed E-state index contributed by atoms with van der Waals surface area (Å²) in [7, 11) is 0. The molecular weight excluding hydrogens is 226 g/mol. The van der Waals surface area contributed by atoms with Crippen LogP contribution in [-0.2, 0) is 6.54 Å². The summed E-state index contributed by atoms with van der Waals surface area (Å²) in [4.78, 5) is 4.38. The van der Waals surface area contributed by atoms with E-state index >= 15 is 0 Å². The fourth-order valence-electron chi connectivity index (χ4n) is 2.15. The van der Waals surface area contributed by atoms with E-state index in [1.807, 2.05) is 42.7 Å². The number of nitrogens with two attached hydrogens (primary N) is 1. The van der Waals surface area contributed by atoms with Crippen molar-refractivity contribution in [3.8, 4) is 0 Å². The number of aryl methyl sites for hydroxylation is 2. The van der Waals surface area contributed by atoms with Gasteiger partial charge in [0.2, 0.25) is 5.95 Å². The molecule has 0 spiro atoms. The highest BCUT2D eigenvalue weighted by Gasteiger charge is 2.10. The molecule has 0 fully saturated rings. The van der Waals surface area contributed by atoms with E-state index in [2.05, 4.69) is 11.1 Å². The zero-order valence-electron chi connectivity index (χ0n) is 10.5. The zero-order chi connectivity index (χ0) is 12.7. The quantitative estimate of drug-likeness (QED) is 0.750. The summed E-state index contributed by atoms with van der Waals surface area (Å²) >= 11 is 0. The van der Waals surface area contributed by atoms with Gasteiger partial charge in [0.1, 0.15) is 11.5 Å². The number of nitrogens with zero attached hydrogens (tertiary/aromatic N) is 2. The second-order valence-corrected chi connectivity index (χ2v) is 4.56. The van der Waals surface area contributed by atoms with E-state index in [1.54, 1.807) is 0 Å². The minimum absolute atomic E-state index is 0.518. The highest BCUT2D eigenvalue weighted by molar-refractivity contribution is 5.79. The van der Waals surface area contributed by atoms with Gasteiger partial charge in [0, 0.05) is 0 Å². The molecule has 1 aromatic carbocycles. The molecule has 0 radical (unpaired) electrons. The summed E-state index contributed by atoms with van der Waals surface area (Å²) in [6, 6.07) is 10.1. The summed E-state index contributed by atoms with van der Waals surface area (Å²) in [5, 5.41) is 0. The molecule has 0 aliphatic carbocycles. The lowest BCUT2D eigenvalue weighted by atomic mass is 10.2. The molecule has 92 valence electrons. The van der Waals surface area contributed by atoms with Gasteiger partial charge >= 0.3 is 0 Å². The summed E-state index contributed by atoms with van der Waals surface area (Å²) in [6.45, 7) is 4.59. The first kappa shape index (κ1) is 10.9. The van der Waals surface area contributed by atoms with Crippen molar-refractivity contribution in [3.05, 3.63) is 47.4 Å². The van der Waals surface area contributed by atoms with Crippen LogP contribution in [0.4, 0.5) is 5.95 Å². The minimum Gasteiger partial charge on any atom is -0.464 e. The average molecular weight is 241 g/mol. The molecule has 0 saturated heterocycles. The molecule has 3 rings (SSSR count). The smallest absolute Gasteiger partial charge is 0.201 e. The van der Waals surface area contributed by atoms with Gasteiger partial charge in [-0.15, -0.1) is 0 Å². The van der Waals surface area contributed by atoms with E-state index in [9.17, 15) is 0 Å². The van der Waals surface area contributed by atoms with Gasteiger partial charge in [-0.3, -0.25) is 0 Å². The van der Waals surface area contributed by atoms with E-state index in [-0.39, 0.29) is 0 Å². The number of hydrogen-bond acceptors (Lipinski definition) is 3. The van der Waals surface area contributed by atoms with Gasteiger partial charge in [0.25, 0.3) is 0 Å². The molecule has 2 aromatic heterocycles. The Hall–Kier alpha value is -2.23. The van der Waals surface area contributed by atoms with Crippen molar-refractivity contribution in [1.29, 1.82) is 0 Å². The Morgan fingerprint density at radius 3 is 2.78 bits per heavy atom. The lowest BCUT2D eigenvalue weighted by molar-refractivity contribution is 0.473. The molecule has 2 heterocycles. The highest BCUT2D eigenvalue weighted by Crippen LogP contribution is 2.21. The molecule has 0 amide bonds. The first-order valence-electron chi connectivity index (χ1n) is 5.91. The van der Waals surface area contributed by atoms with Crippen LogP contribution < -0.4 is 5.73 Å². The number of benzene rings is 1. The summed E-state index contributed by atoms with van der Waals surface area (Å²) in [5.74, 6) is 2.31. The Labute approximate surface area is 105 Å².